The summed E-state index contributed by atoms with van der Waals surface area (Å²) >= 11 is -1.46. The van der Waals surface area contributed by atoms with Crippen LogP contribution in [0.25, 0.3) is 0 Å². The predicted octanol–water partition coefficient (Wildman–Crippen LogP) is 0.766. The molecule has 2 bridgehead atoms. The van der Waals surface area contributed by atoms with Crippen LogP contribution in [0.5, 0.6) is 0 Å². The van der Waals surface area contributed by atoms with Crippen LogP contribution < -0.4 is 16.0 Å². The van der Waals surface area contributed by atoms with E-state index in [0.717, 1.165) is 12.3 Å². The van der Waals surface area contributed by atoms with Gasteiger partial charge in [-0.25, -0.2) is 0 Å². The largest absolute Gasteiger partial charge is 1.00 e. The Balaban J connectivity index is 0.00000176. The monoisotopic (exact) mass is 436 g/mol. The van der Waals surface area contributed by atoms with E-state index in [-0.39, 0.29) is 23.9 Å². The molecule has 2 fully saturated rings. The van der Waals surface area contributed by atoms with Gasteiger partial charge >= 0.3 is 136 Å². The Morgan fingerprint density at radius 1 is 1.32 bits per heavy atom. The third kappa shape index (κ3) is 2.78. The fraction of sp³-hybridized carbons (Fsp3) is 0.579. The van der Waals surface area contributed by atoms with Gasteiger partial charge in [0.2, 0.25) is 0 Å². The summed E-state index contributed by atoms with van der Waals surface area (Å²) in [5.74, 6) is 0.729. The first-order valence-corrected chi connectivity index (χ1v) is 12.5. The number of hydrogen-bond acceptors (Lipinski definition) is 1. The minimum Gasteiger partial charge on any atom is -1.00 e. The number of allylic oxidation sites excluding steroid dienone is 1. The molecule has 1 aromatic rings. The molecule has 0 spiro atoms. The second-order valence-electron chi connectivity index (χ2n) is 7.27. The summed E-state index contributed by atoms with van der Waals surface area (Å²) in [6.45, 7) is 8.82. The van der Waals surface area contributed by atoms with Gasteiger partial charge in [0.05, 0.1) is 0 Å². The standard InChI is InChI=1S/C19H27OTe.ClH/c1-4-12-21(16-8-6-5-7-9-16)14-19-11-10-15(13-17(19)20)18(19,2)3;/h4-9,15,17,20H,1,10-14H2,2-3H3;1H/q+1;/p-1/t15-,17-,19-;/m1./s1. The Morgan fingerprint density at radius 2 is 2.00 bits per heavy atom. The molecule has 0 radical (unpaired) electrons. The molecule has 1 nitrogen and oxygen atoms in total. The van der Waals surface area contributed by atoms with Crippen molar-refractivity contribution in [3.8, 4) is 0 Å². The van der Waals surface area contributed by atoms with Crippen LogP contribution >= 0.6 is 0 Å². The summed E-state index contributed by atoms with van der Waals surface area (Å²) in [5.41, 5.74) is 0.481. The van der Waals surface area contributed by atoms with E-state index in [4.69, 9.17) is 0 Å². The van der Waals surface area contributed by atoms with Crippen molar-refractivity contribution in [1.29, 1.82) is 0 Å². The van der Waals surface area contributed by atoms with Crippen LogP contribution in [0.2, 0.25) is 8.94 Å². The molecule has 3 atom stereocenters. The van der Waals surface area contributed by atoms with Gasteiger partial charge in [0.15, 0.2) is 0 Å². The molecule has 122 valence electrons. The van der Waals surface area contributed by atoms with Crippen LogP contribution in [0.4, 0.5) is 0 Å². The van der Waals surface area contributed by atoms with E-state index in [1.54, 1.807) is 3.61 Å². The summed E-state index contributed by atoms with van der Waals surface area (Å²) in [4.78, 5) is 0. The maximum absolute atomic E-state index is 10.8. The van der Waals surface area contributed by atoms with Crippen molar-refractivity contribution in [2.24, 2.45) is 16.7 Å². The number of aliphatic hydroxyl groups excluding tert-OH is 1. The van der Waals surface area contributed by atoms with E-state index in [2.05, 4.69) is 56.8 Å². The number of halogens is 1. The Kier molecular flexibility index (Phi) is 5.72. The van der Waals surface area contributed by atoms with Crippen molar-refractivity contribution < 1.29 is 17.5 Å². The van der Waals surface area contributed by atoms with Crippen molar-refractivity contribution in [2.75, 3.05) is 0 Å². The van der Waals surface area contributed by atoms with E-state index in [9.17, 15) is 5.11 Å². The van der Waals surface area contributed by atoms with Crippen LogP contribution in [0.1, 0.15) is 33.1 Å². The SMILES string of the molecule is C=CC[Te+](C[C@]12CC[C@H](C[C@H]1O)C2(C)C)c1ccccc1.[Cl-]. The molecule has 0 heterocycles. The number of aliphatic hydroxyl groups is 1. The Hall–Kier alpha value is -0.000390. The van der Waals surface area contributed by atoms with Crippen molar-refractivity contribution in [1.82, 2.24) is 0 Å². The number of fused-ring (bicyclic) bond motifs is 2. The predicted molar refractivity (Wildman–Crippen MR) is 91.2 cm³/mol. The van der Waals surface area contributed by atoms with E-state index in [1.807, 2.05) is 0 Å². The van der Waals surface area contributed by atoms with Gasteiger partial charge in [-0.05, 0) is 0 Å². The topological polar surface area (TPSA) is 20.2 Å². The van der Waals surface area contributed by atoms with E-state index in [0.29, 0.717) is 5.41 Å². The van der Waals surface area contributed by atoms with Gasteiger partial charge in [0.1, 0.15) is 0 Å². The summed E-state index contributed by atoms with van der Waals surface area (Å²) in [6, 6.07) is 11.0. The molecule has 0 amide bonds. The molecule has 0 unspecified atom stereocenters. The normalized spacial score (nSPS) is 32.0. The molecule has 3 heteroatoms. The zero-order valence-electron chi connectivity index (χ0n) is 13.6. The first-order valence-electron chi connectivity index (χ1n) is 8.03. The summed E-state index contributed by atoms with van der Waals surface area (Å²) in [6.07, 6.45) is 5.61. The molecule has 2 saturated carbocycles. The molecule has 0 aromatic heterocycles. The molecule has 22 heavy (non-hydrogen) atoms. The number of hydrogen-bond donors (Lipinski definition) is 1. The molecule has 2 aliphatic rings. The van der Waals surface area contributed by atoms with Gasteiger partial charge in [0.25, 0.3) is 0 Å². The first kappa shape index (κ1) is 18.3. The smallest absolute Gasteiger partial charge is 1.00 e. The van der Waals surface area contributed by atoms with Crippen LogP contribution in [0, 0.1) is 16.7 Å². The van der Waals surface area contributed by atoms with Gasteiger partial charge in [0, 0.05) is 0 Å². The fourth-order valence-electron chi connectivity index (χ4n) is 4.68. The Labute approximate surface area is 148 Å². The minimum atomic E-state index is -1.46. The van der Waals surface area contributed by atoms with Gasteiger partial charge in [-0.3, -0.25) is 0 Å². The van der Waals surface area contributed by atoms with Crippen molar-refractivity contribution in [3.63, 3.8) is 0 Å². The number of benzene rings is 1. The molecule has 0 aliphatic heterocycles. The third-order valence-corrected chi connectivity index (χ3v) is 13.2. The average molecular weight is 434 g/mol. The molecule has 2 aliphatic carbocycles. The van der Waals surface area contributed by atoms with Crippen LogP contribution in [-0.4, -0.2) is 30.8 Å². The zero-order chi connectivity index (χ0) is 15.1. The van der Waals surface area contributed by atoms with Crippen molar-refractivity contribution >= 4 is 23.2 Å². The summed E-state index contributed by atoms with van der Waals surface area (Å²) < 4.78 is 3.99. The zero-order valence-corrected chi connectivity index (χ0v) is 16.7. The molecular formula is C19H27ClOTe. The molecular weight excluding hydrogens is 407 g/mol. The van der Waals surface area contributed by atoms with Gasteiger partial charge < -0.3 is 12.4 Å². The Bertz CT molecular complexity index is 515. The van der Waals surface area contributed by atoms with Crippen molar-refractivity contribution in [3.05, 3.63) is 43.0 Å². The third-order valence-electron chi connectivity index (χ3n) is 6.22. The van der Waals surface area contributed by atoms with Gasteiger partial charge in [-0.15, -0.1) is 0 Å². The van der Waals surface area contributed by atoms with Gasteiger partial charge in [-0.2, -0.15) is 0 Å². The quantitative estimate of drug-likeness (QED) is 0.536. The second-order valence-corrected chi connectivity index (χ2v) is 13.2. The molecule has 3 rings (SSSR count). The molecule has 1 N–H and O–H groups in total. The second kappa shape index (κ2) is 6.86. The maximum atomic E-state index is 10.8. The van der Waals surface area contributed by atoms with E-state index in [1.165, 1.54) is 21.8 Å². The van der Waals surface area contributed by atoms with Crippen LogP contribution in [0.15, 0.2) is 43.0 Å². The molecule has 1 aromatic carbocycles. The van der Waals surface area contributed by atoms with E-state index < -0.39 is 19.6 Å². The minimum absolute atomic E-state index is 0. The summed E-state index contributed by atoms with van der Waals surface area (Å²) in [7, 11) is 0. The van der Waals surface area contributed by atoms with E-state index >= 15 is 0 Å². The van der Waals surface area contributed by atoms with Gasteiger partial charge in [-0.1, -0.05) is 0 Å². The van der Waals surface area contributed by atoms with Crippen LogP contribution in [-0.2, 0) is 0 Å². The summed E-state index contributed by atoms with van der Waals surface area (Å²) in [5, 5.41) is 10.8. The van der Waals surface area contributed by atoms with Crippen molar-refractivity contribution in [2.45, 2.75) is 48.2 Å². The molecule has 0 saturated heterocycles. The number of rotatable bonds is 5. The Morgan fingerprint density at radius 3 is 2.50 bits per heavy atom. The van der Waals surface area contributed by atoms with Crippen LogP contribution in [0.3, 0.4) is 0 Å². The first-order chi connectivity index (χ1) is 10.0. The maximum Gasteiger partial charge on any atom is -1.00 e. The average Bonchev–Trinajstić information content (AvgIpc) is 2.82. The fourth-order valence-corrected chi connectivity index (χ4v) is 12.2.